The van der Waals surface area contributed by atoms with E-state index in [9.17, 15) is 146 Å². The molecular weight excluding hydrogens is 1790 g/mol. The highest BCUT2D eigenvalue weighted by Gasteiger charge is 2.48. The van der Waals surface area contributed by atoms with Gasteiger partial charge in [0.05, 0.1) is 38.1 Å². The molecule has 0 amide bonds. The van der Waals surface area contributed by atoms with Gasteiger partial charge in [0.2, 0.25) is 5.83 Å². The van der Waals surface area contributed by atoms with Crippen LogP contribution in [0.15, 0.2) is 122 Å². The van der Waals surface area contributed by atoms with E-state index in [0.29, 0.717) is 31.3 Å². The van der Waals surface area contributed by atoms with Gasteiger partial charge in [0.25, 0.3) is 0 Å². The van der Waals surface area contributed by atoms with Gasteiger partial charge in [-0.05, 0) is 166 Å². The first-order chi connectivity index (χ1) is 58.5. The largest absolute Gasteiger partial charge is 0.488 e. The molecule has 0 aliphatic heterocycles. The fourth-order valence-corrected chi connectivity index (χ4v) is 8.09. The summed E-state index contributed by atoms with van der Waals surface area (Å²) in [5.74, 6) is -15.0. The second kappa shape index (κ2) is 65.5. The molecule has 0 N–H and O–H groups in total. The predicted molar refractivity (Wildman–Crippen MR) is 423 cm³/mol. The maximum Gasteiger partial charge on any atom is 0.425 e. The first kappa shape index (κ1) is 131. The van der Waals surface area contributed by atoms with E-state index in [0.717, 1.165) is 18.1 Å². The Morgan fingerprint density at radius 3 is 1.13 bits per heavy atom. The van der Waals surface area contributed by atoms with Gasteiger partial charge in [-0.1, -0.05) is 86.1 Å². The van der Waals surface area contributed by atoms with Crippen molar-refractivity contribution in [2.45, 2.75) is 254 Å². The molecule has 0 bridgehead atoms. The molecule has 0 saturated heterocycles. The number of alkyl halides is 18. The van der Waals surface area contributed by atoms with E-state index in [2.05, 4.69) is 139 Å². The maximum atomic E-state index is 12.6. The zero-order valence-electron chi connectivity index (χ0n) is 74.3. The molecule has 2 aliphatic carbocycles. The van der Waals surface area contributed by atoms with Crippen molar-refractivity contribution in [3.8, 4) is 0 Å². The third-order valence-electron chi connectivity index (χ3n) is 15.0. The van der Waals surface area contributed by atoms with Crippen LogP contribution >= 0.6 is 0 Å². The topological polar surface area (TPSA) is 351 Å². The van der Waals surface area contributed by atoms with Crippen molar-refractivity contribution in [2.75, 3.05) is 59.5 Å². The van der Waals surface area contributed by atoms with E-state index in [1.54, 1.807) is 27.7 Å². The molecule has 2 fully saturated rings. The molecule has 0 aromatic heterocycles. The first-order valence-corrected chi connectivity index (χ1v) is 38.2. The fraction of sp³-hybridized carbons (Fsp3) is 0.602. The van der Waals surface area contributed by atoms with Crippen LogP contribution in [-0.2, 0) is 129 Å². The van der Waals surface area contributed by atoms with Gasteiger partial charge in [0.15, 0.2) is 45.7 Å². The lowest BCUT2D eigenvalue weighted by atomic mass is 9.77. The lowest BCUT2D eigenvalue weighted by Gasteiger charge is -2.39. The number of carbonyl (C=O) groups is 13. The van der Waals surface area contributed by atoms with Crippen molar-refractivity contribution in [1.82, 2.24) is 0 Å². The van der Waals surface area contributed by atoms with E-state index in [4.69, 9.17) is 14.2 Å². The Kier molecular flexibility index (Phi) is 66.6. The van der Waals surface area contributed by atoms with Crippen LogP contribution in [-0.4, -0.2) is 204 Å². The molecule has 0 spiro atoms. The summed E-state index contributed by atoms with van der Waals surface area (Å²) < 4.78 is 291. The summed E-state index contributed by atoms with van der Waals surface area (Å²) in [6.07, 6.45) is -26.2. The zero-order chi connectivity index (χ0) is 103. The van der Waals surface area contributed by atoms with Crippen molar-refractivity contribution < 1.29 is 212 Å². The molecule has 742 valence electrons. The molecule has 2 aliphatic rings. The molecular formula is C83H115F19O27. The minimum Gasteiger partial charge on any atom is -0.488 e. The number of esters is 13. The van der Waals surface area contributed by atoms with Crippen molar-refractivity contribution in [3.63, 3.8) is 0 Å². The van der Waals surface area contributed by atoms with E-state index in [1.165, 1.54) is 54.4 Å². The lowest BCUT2D eigenvalue weighted by Crippen LogP contribution is -2.41. The Bertz CT molecular complexity index is 3680. The van der Waals surface area contributed by atoms with E-state index in [1.807, 2.05) is 6.92 Å². The van der Waals surface area contributed by atoms with E-state index >= 15 is 0 Å². The number of allylic oxidation sites excluding steroid dienone is 1. The normalized spacial score (nSPS) is 15.4. The average Bonchev–Trinajstić information content (AvgIpc) is 0.809. The van der Waals surface area contributed by atoms with Gasteiger partial charge >= 0.3 is 115 Å². The predicted octanol–water partition coefficient (Wildman–Crippen LogP) is 18.6. The molecule has 2 rings (SSSR count). The third-order valence-corrected chi connectivity index (χ3v) is 15.0. The van der Waals surface area contributed by atoms with Gasteiger partial charge in [-0.2, -0.15) is 83.4 Å². The van der Waals surface area contributed by atoms with Gasteiger partial charge in [-0.15, -0.1) is 0 Å². The van der Waals surface area contributed by atoms with Crippen molar-refractivity contribution in [2.24, 2.45) is 11.8 Å². The van der Waals surface area contributed by atoms with Crippen molar-refractivity contribution >= 4 is 77.6 Å². The van der Waals surface area contributed by atoms with Crippen LogP contribution in [0.5, 0.6) is 0 Å². The van der Waals surface area contributed by atoms with Crippen LogP contribution in [0.4, 0.5) is 83.4 Å². The van der Waals surface area contributed by atoms with Gasteiger partial charge in [-0.3, -0.25) is 0 Å². The minimum atomic E-state index is -4.86. The zero-order valence-corrected chi connectivity index (χ0v) is 74.3. The Labute approximate surface area is 735 Å². The van der Waals surface area contributed by atoms with Gasteiger partial charge in [0.1, 0.15) is 34.7 Å². The second-order valence-corrected chi connectivity index (χ2v) is 27.6. The molecule has 0 heterocycles. The number of ether oxygens (including phenoxy) is 14. The number of carbonyl (C=O) groups excluding carboxylic acids is 13. The Morgan fingerprint density at radius 2 is 0.798 bits per heavy atom. The molecule has 129 heavy (non-hydrogen) atoms. The molecule has 0 aromatic rings. The van der Waals surface area contributed by atoms with Crippen LogP contribution in [0.2, 0.25) is 0 Å². The summed E-state index contributed by atoms with van der Waals surface area (Å²) in [6, 6.07) is 0. The monoisotopic (exact) mass is 1900 g/mol. The molecule has 46 heteroatoms. The molecule has 2 saturated carbocycles. The lowest BCUT2D eigenvalue weighted by molar-refractivity contribution is -0.218. The molecule has 27 nitrogen and oxygen atoms in total. The highest BCUT2D eigenvalue weighted by atomic mass is 19.4. The molecule has 0 radical (unpaired) electrons. The first-order valence-electron chi connectivity index (χ1n) is 38.2. The fourth-order valence-electron chi connectivity index (χ4n) is 8.09. The van der Waals surface area contributed by atoms with Crippen molar-refractivity contribution in [1.29, 1.82) is 0 Å². The number of halogens is 19. The standard InChI is InChI=1S/C12H16F4O2.C12H22O.C11H15F3O2.C9H11F3O4.C9H12O6.2C8H9F3O4.C8H11F3O2.C6H10O2/c1-3-11(18-10(17)8(2)13)6-4-9(5-7-11)12(14,15)16;1-7-8-9-12(5,6)13-11(4)10(2)3;1-7(2)10(15)16-9-5-3-8(4-6-9)11(12,13)14;1-5(2)8(14)15-4-7(13)16-6(3)9(10,11)12;1-3-7(10)14-6-9(12)15-5-8(11)13-4-2;1-5(2)7(13)14-3-6(12)15-4-8(9,10)11;1-3-14-6(12)4-15-7(13)5(2)8(9,10)11;1-5(2)7(12)13-6(3)4-8(9,10)11;1-4-8-6(7)5(2)3/h9H,2-7H2,1H3;2,4,7-9H2,1,3,5-6H3;8-9H,1,3-6H2,2H3;6H,1,4H2,2-3H3;3H,1,4-6H2,2H3;1,3-4H2,2H3;2-4H2,1H3;6H,1,4H2,2-3H3;2,4H2,1,3H3. The van der Waals surface area contributed by atoms with Crippen LogP contribution in [0.1, 0.15) is 187 Å². The van der Waals surface area contributed by atoms with Crippen LogP contribution < -0.4 is 0 Å². The number of unbranched alkanes of at least 4 members (excludes halogenated alkanes) is 1. The number of rotatable bonds is 34. The Morgan fingerprint density at radius 1 is 0.426 bits per heavy atom. The van der Waals surface area contributed by atoms with E-state index in [-0.39, 0.29) is 105 Å². The maximum absolute atomic E-state index is 12.6. The summed E-state index contributed by atoms with van der Waals surface area (Å²) in [4.78, 5) is 140. The van der Waals surface area contributed by atoms with Gasteiger partial charge in [0, 0.05) is 33.9 Å². The minimum absolute atomic E-state index is 0.0386. The quantitative estimate of drug-likeness (QED) is 0.0144. The summed E-state index contributed by atoms with van der Waals surface area (Å²) in [7, 11) is 0. The number of hydrogen-bond acceptors (Lipinski definition) is 27. The summed E-state index contributed by atoms with van der Waals surface area (Å²) in [5, 5.41) is 0. The van der Waals surface area contributed by atoms with E-state index < -0.39 is 196 Å². The molecule has 2 unspecified atom stereocenters. The highest BCUT2D eigenvalue weighted by Crippen LogP contribution is 2.44. The van der Waals surface area contributed by atoms with Crippen LogP contribution in [0.25, 0.3) is 0 Å². The molecule has 0 aromatic carbocycles. The van der Waals surface area contributed by atoms with Crippen LogP contribution in [0, 0.1) is 11.8 Å². The number of hydrogen-bond donors (Lipinski definition) is 0. The smallest absolute Gasteiger partial charge is 0.425 e. The third kappa shape index (κ3) is 74.6. The Hall–Kier alpha value is -11.0. The summed E-state index contributed by atoms with van der Waals surface area (Å²) >= 11 is 0. The summed E-state index contributed by atoms with van der Waals surface area (Å²) in [5.41, 5.74) is -0.939. The average molecular weight is 1910 g/mol. The molecule has 2 atom stereocenters. The second-order valence-electron chi connectivity index (χ2n) is 27.6. The van der Waals surface area contributed by atoms with Gasteiger partial charge < -0.3 is 66.3 Å². The van der Waals surface area contributed by atoms with Gasteiger partial charge in [-0.25, -0.2) is 62.3 Å². The SMILES string of the molecule is C=C(C(=O)OCC(=O)OCC)C(F)(F)F.C=C(C)C(=C)OC(C)(C)CCCC.C=C(C)C(=O)OC(C)CC(F)(F)F.C=C(C)C(=O)OC1CCC(C(F)(F)F)CC1.C=C(C)C(=O)OCC.C=C(C)C(=O)OCC(=O)OC(C)C(F)(F)F.C=C(C)C(=O)OCC(=O)OCC(F)(F)F.C=C(F)C(=O)OC1(CC)CCC(C(F)(F)F)CC1.C=CC(=O)OCC(=O)OCC(=O)OCC. The summed E-state index contributed by atoms with van der Waals surface area (Å²) in [6.45, 7) is 51.9. The van der Waals surface area contributed by atoms with Crippen molar-refractivity contribution in [3.05, 3.63) is 122 Å². The van der Waals surface area contributed by atoms with Crippen LogP contribution in [0.3, 0.4) is 0 Å². The Balaban J connectivity index is -0.000000261. The highest BCUT2D eigenvalue weighted by molar-refractivity contribution is 5.91.